The lowest BCUT2D eigenvalue weighted by molar-refractivity contribution is -0.0370. The third-order valence-electron chi connectivity index (χ3n) is 6.70. The molecule has 3 fully saturated rings. The minimum atomic E-state index is -0.340. The Morgan fingerprint density at radius 1 is 1.03 bits per heavy atom. The van der Waals surface area contributed by atoms with Gasteiger partial charge in [0.05, 0.1) is 11.7 Å². The molecule has 1 atom stereocenters. The second kappa shape index (κ2) is 7.46. The highest BCUT2D eigenvalue weighted by Gasteiger charge is 2.56. The fourth-order valence-corrected chi connectivity index (χ4v) is 5.10. The molecule has 0 radical (unpaired) electrons. The van der Waals surface area contributed by atoms with Crippen LogP contribution in [0.2, 0.25) is 0 Å². The lowest BCUT2D eigenvalue weighted by Crippen LogP contribution is -2.60. The summed E-state index contributed by atoms with van der Waals surface area (Å²) in [5.74, 6) is 0. The van der Waals surface area contributed by atoms with Crippen molar-refractivity contribution in [2.75, 3.05) is 32.7 Å². The Bertz CT molecular complexity index is 859. The van der Waals surface area contributed by atoms with Gasteiger partial charge in [-0.3, -0.25) is 19.4 Å². The molecule has 1 aromatic carbocycles. The Morgan fingerprint density at radius 3 is 2.55 bits per heavy atom. The molecule has 3 saturated heterocycles. The summed E-state index contributed by atoms with van der Waals surface area (Å²) in [6.07, 6.45) is 3.66. The molecule has 7 nitrogen and oxygen atoms in total. The summed E-state index contributed by atoms with van der Waals surface area (Å²) in [4.78, 5) is 19.5. The van der Waals surface area contributed by atoms with Crippen molar-refractivity contribution in [3.8, 4) is 0 Å². The number of benzene rings is 1. The van der Waals surface area contributed by atoms with E-state index in [4.69, 9.17) is 4.74 Å². The van der Waals surface area contributed by atoms with Crippen molar-refractivity contribution in [3.63, 3.8) is 0 Å². The van der Waals surface area contributed by atoms with Crippen molar-refractivity contribution in [3.05, 3.63) is 53.9 Å². The molecule has 4 heterocycles. The SMILES string of the molecule is Cn1ccc(CN2CCC3(CC2)OC(=O)N2CCN(Cc4ccccc4)CC23)n1. The largest absolute Gasteiger partial charge is 0.440 e. The minimum absolute atomic E-state index is 0.118. The van der Waals surface area contributed by atoms with E-state index in [0.29, 0.717) is 0 Å². The number of piperidine rings is 1. The number of nitrogens with zero attached hydrogens (tertiary/aromatic N) is 5. The fourth-order valence-electron chi connectivity index (χ4n) is 5.10. The van der Waals surface area contributed by atoms with E-state index in [-0.39, 0.29) is 17.7 Å². The van der Waals surface area contributed by atoms with Gasteiger partial charge in [-0.1, -0.05) is 30.3 Å². The van der Waals surface area contributed by atoms with Gasteiger partial charge in [0.2, 0.25) is 0 Å². The number of rotatable bonds is 4. The van der Waals surface area contributed by atoms with Crippen molar-refractivity contribution < 1.29 is 9.53 Å². The normalized spacial score (nSPS) is 24.7. The van der Waals surface area contributed by atoms with E-state index in [1.165, 1.54) is 5.56 Å². The molecule has 0 N–H and O–H groups in total. The van der Waals surface area contributed by atoms with Gasteiger partial charge in [-0.15, -0.1) is 0 Å². The average Bonchev–Trinajstić information content (AvgIpc) is 3.25. The van der Waals surface area contributed by atoms with Crippen LogP contribution in [0, 0.1) is 0 Å². The molecule has 29 heavy (non-hydrogen) atoms. The number of carbonyl (C=O) groups excluding carboxylic acids is 1. The fraction of sp³-hybridized carbons (Fsp3) is 0.545. The van der Waals surface area contributed by atoms with Gasteiger partial charge in [0.25, 0.3) is 0 Å². The molecule has 0 aliphatic carbocycles. The van der Waals surface area contributed by atoms with Crippen LogP contribution in [0.3, 0.4) is 0 Å². The number of aromatic nitrogens is 2. The van der Waals surface area contributed by atoms with Crippen molar-refractivity contribution in [2.45, 2.75) is 37.6 Å². The molecule has 2 aromatic rings. The highest BCUT2D eigenvalue weighted by Crippen LogP contribution is 2.40. The third-order valence-corrected chi connectivity index (χ3v) is 6.70. The van der Waals surface area contributed by atoms with Gasteiger partial charge in [0, 0.05) is 71.9 Å². The number of hydrogen-bond acceptors (Lipinski definition) is 5. The number of amides is 1. The summed E-state index contributed by atoms with van der Waals surface area (Å²) >= 11 is 0. The average molecular weight is 396 g/mol. The maximum absolute atomic E-state index is 12.6. The van der Waals surface area contributed by atoms with Crippen LogP contribution in [0.4, 0.5) is 4.79 Å². The van der Waals surface area contributed by atoms with E-state index in [1.54, 1.807) is 0 Å². The van der Waals surface area contributed by atoms with E-state index in [0.717, 1.165) is 64.3 Å². The lowest BCUT2D eigenvalue weighted by Gasteiger charge is -2.45. The molecular formula is C22H29N5O2. The second-order valence-electron chi connectivity index (χ2n) is 8.62. The summed E-state index contributed by atoms with van der Waals surface area (Å²) < 4.78 is 7.90. The summed E-state index contributed by atoms with van der Waals surface area (Å²) in [6.45, 7) is 6.22. The monoisotopic (exact) mass is 395 g/mol. The van der Waals surface area contributed by atoms with Crippen molar-refractivity contribution in [1.29, 1.82) is 0 Å². The Hall–Kier alpha value is -2.38. The van der Waals surface area contributed by atoms with Crippen molar-refractivity contribution in [2.24, 2.45) is 7.05 Å². The van der Waals surface area contributed by atoms with Crippen LogP contribution in [-0.4, -0.2) is 74.9 Å². The molecular weight excluding hydrogens is 366 g/mol. The van der Waals surface area contributed by atoms with Gasteiger partial charge in [-0.2, -0.15) is 5.10 Å². The van der Waals surface area contributed by atoms with E-state index < -0.39 is 0 Å². The second-order valence-corrected chi connectivity index (χ2v) is 8.62. The molecule has 0 bridgehead atoms. The number of hydrogen-bond donors (Lipinski definition) is 0. The molecule has 1 aromatic heterocycles. The predicted octanol–water partition coefficient (Wildman–Crippen LogP) is 2.09. The maximum Gasteiger partial charge on any atom is 0.410 e. The Balaban J connectivity index is 1.25. The highest BCUT2D eigenvalue weighted by molar-refractivity contribution is 5.72. The van der Waals surface area contributed by atoms with Crippen LogP contribution < -0.4 is 0 Å². The maximum atomic E-state index is 12.6. The number of aryl methyl sites for hydroxylation is 1. The molecule has 3 aliphatic heterocycles. The predicted molar refractivity (Wildman–Crippen MR) is 109 cm³/mol. The van der Waals surface area contributed by atoms with Gasteiger partial charge < -0.3 is 4.74 Å². The van der Waals surface area contributed by atoms with Crippen LogP contribution in [0.25, 0.3) is 0 Å². The van der Waals surface area contributed by atoms with Gasteiger partial charge >= 0.3 is 6.09 Å². The first kappa shape index (κ1) is 18.6. The smallest absolute Gasteiger partial charge is 0.410 e. The number of ether oxygens (including phenoxy) is 1. The van der Waals surface area contributed by atoms with Crippen LogP contribution in [-0.2, 0) is 24.9 Å². The number of carbonyl (C=O) groups is 1. The van der Waals surface area contributed by atoms with Crippen molar-refractivity contribution >= 4 is 6.09 Å². The standard InChI is InChI=1S/C22H29N5O2/c1-24-10-7-19(23-24)16-25-11-8-22(9-12-25)20-17-26(13-14-27(20)21(28)29-22)15-18-5-3-2-4-6-18/h2-7,10,20H,8-9,11-17H2,1H3. The molecule has 1 unspecified atom stereocenters. The molecule has 1 spiro atoms. The molecule has 154 valence electrons. The summed E-state index contributed by atoms with van der Waals surface area (Å²) in [5.41, 5.74) is 2.08. The summed E-state index contributed by atoms with van der Waals surface area (Å²) in [5, 5.41) is 4.50. The lowest BCUT2D eigenvalue weighted by atomic mass is 9.83. The molecule has 0 saturated carbocycles. The number of piperazine rings is 1. The minimum Gasteiger partial charge on any atom is -0.440 e. The molecule has 7 heteroatoms. The highest BCUT2D eigenvalue weighted by atomic mass is 16.6. The molecule has 1 amide bonds. The molecule has 3 aliphatic rings. The van der Waals surface area contributed by atoms with Gasteiger partial charge in [0.1, 0.15) is 5.60 Å². The zero-order chi connectivity index (χ0) is 19.8. The van der Waals surface area contributed by atoms with Crippen molar-refractivity contribution in [1.82, 2.24) is 24.5 Å². The zero-order valence-electron chi connectivity index (χ0n) is 17.0. The van der Waals surface area contributed by atoms with Gasteiger partial charge in [-0.25, -0.2) is 4.79 Å². The van der Waals surface area contributed by atoms with Crippen LogP contribution in [0.15, 0.2) is 42.6 Å². The quantitative estimate of drug-likeness (QED) is 0.794. The molecule has 5 rings (SSSR count). The number of fused-ring (bicyclic) bond motifs is 2. The van der Waals surface area contributed by atoms with E-state index in [9.17, 15) is 4.79 Å². The van der Waals surface area contributed by atoms with E-state index in [2.05, 4.69) is 51.3 Å². The first-order valence-corrected chi connectivity index (χ1v) is 10.6. The Kier molecular flexibility index (Phi) is 4.80. The van der Waals surface area contributed by atoms with Gasteiger partial charge in [-0.05, 0) is 11.6 Å². The summed E-state index contributed by atoms with van der Waals surface area (Å²) in [7, 11) is 1.95. The van der Waals surface area contributed by atoms with Crippen LogP contribution in [0.5, 0.6) is 0 Å². The van der Waals surface area contributed by atoms with E-state index in [1.807, 2.05) is 22.8 Å². The van der Waals surface area contributed by atoms with E-state index >= 15 is 0 Å². The topological polar surface area (TPSA) is 53.8 Å². The van der Waals surface area contributed by atoms with Crippen LogP contribution in [0.1, 0.15) is 24.1 Å². The third kappa shape index (κ3) is 3.65. The van der Waals surface area contributed by atoms with Gasteiger partial charge in [0.15, 0.2) is 0 Å². The zero-order valence-corrected chi connectivity index (χ0v) is 17.0. The summed E-state index contributed by atoms with van der Waals surface area (Å²) in [6, 6.07) is 12.8. The first-order valence-electron chi connectivity index (χ1n) is 10.6. The van der Waals surface area contributed by atoms with Crippen LogP contribution >= 0.6 is 0 Å². The number of likely N-dealkylation sites (tertiary alicyclic amines) is 1. The Labute approximate surface area is 171 Å². The first-order chi connectivity index (χ1) is 14.1. The Morgan fingerprint density at radius 2 is 1.83 bits per heavy atom.